The topological polar surface area (TPSA) is 0 Å². The average Bonchev–Trinajstić information content (AvgIpc) is 2.43. The van der Waals surface area contributed by atoms with E-state index in [2.05, 4.69) is 6.92 Å². The van der Waals surface area contributed by atoms with Crippen LogP contribution in [-0.4, -0.2) is 0 Å². The molecule has 0 N–H and O–H groups in total. The van der Waals surface area contributed by atoms with Crippen molar-refractivity contribution in [1.29, 1.82) is 0 Å². The van der Waals surface area contributed by atoms with Crippen LogP contribution in [0.5, 0.6) is 0 Å². The Morgan fingerprint density at radius 3 is 2.00 bits per heavy atom. The van der Waals surface area contributed by atoms with Crippen molar-refractivity contribution in [2.75, 3.05) is 0 Å². The summed E-state index contributed by atoms with van der Waals surface area (Å²) in [6, 6.07) is 11.6. The van der Waals surface area contributed by atoms with Crippen LogP contribution in [0.15, 0.2) is 42.5 Å². The molecule has 20 heavy (non-hydrogen) atoms. The van der Waals surface area contributed by atoms with E-state index in [0.717, 1.165) is 18.1 Å². The van der Waals surface area contributed by atoms with Crippen LogP contribution in [0.1, 0.15) is 38.2 Å². The quantitative estimate of drug-likeness (QED) is 0.588. The Hall–Kier alpha value is -1.70. The summed E-state index contributed by atoms with van der Waals surface area (Å²) in [5.74, 6) is -1.08. The highest BCUT2D eigenvalue weighted by Crippen LogP contribution is 2.22. The number of unbranched alkanes of at least 4 members (excludes halogenated alkanes) is 3. The number of rotatable bonds is 6. The van der Waals surface area contributed by atoms with Gasteiger partial charge in [0.1, 0.15) is 11.6 Å². The number of halogens is 2. The zero-order chi connectivity index (χ0) is 14.4. The van der Waals surface area contributed by atoms with Crippen molar-refractivity contribution in [2.24, 2.45) is 0 Å². The van der Waals surface area contributed by atoms with Gasteiger partial charge in [0.25, 0.3) is 0 Å². The van der Waals surface area contributed by atoms with Gasteiger partial charge in [-0.2, -0.15) is 0 Å². The molecule has 2 aromatic rings. The van der Waals surface area contributed by atoms with Crippen molar-refractivity contribution in [3.63, 3.8) is 0 Å². The standard InChI is InChI=1S/C18H20F2/c1-2-3-4-5-6-14-7-9-15(10-8-14)16-11-17(19)13-18(20)12-16/h7-13H,2-6H2,1H3. The average molecular weight is 274 g/mol. The molecule has 0 atom stereocenters. The molecule has 0 amide bonds. The molecule has 0 unspecified atom stereocenters. The van der Waals surface area contributed by atoms with E-state index >= 15 is 0 Å². The second-order valence-corrected chi connectivity index (χ2v) is 5.17. The molecule has 0 saturated carbocycles. The van der Waals surface area contributed by atoms with Gasteiger partial charge in [0.15, 0.2) is 0 Å². The molecular weight excluding hydrogens is 254 g/mol. The van der Waals surface area contributed by atoms with Crippen molar-refractivity contribution < 1.29 is 8.78 Å². The lowest BCUT2D eigenvalue weighted by molar-refractivity contribution is 0.584. The first-order chi connectivity index (χ1) is 9.69. The van der Waals surface area contributed by atoms with Gasteiger partial charge in [-0.3, -0.25) is 0 Å². The molecule has 0 aromatic heterocycles. The number of hydrogen-bond donors (Lipinski definition) is 0. The van der Waals surface area contributed by atoms with Gasteiger partial charge in [0.2, 0.25) is 0 Å². The van der Waals surface area contributed by atoms with Gasteiger partial charge < -0.3 is 0 Å². The Kier molecular flexibility index (Phi) is 5.28. The van der Waals surface area contributed by atoms with Gasteiger partial charge in [-0.25, -0.2) is 8.78 Å². The monoisotopic (exact) mass is 274 g/mol. The first kappa shape index (κ1) is 14.7. The van der Waals surface area contributed by atoms with Gasteiger partial charge in [-0.1, -0.05) is 50.5 Å². The molecule has 2 heteroatoms. The van der Waals surface area contributed by atoms with Crippen molar-refractivity contribution in [2.45, 2.75) is 39.0 Å². The lowest BCUT2D eigenvalue weighted by Gasteiger charge is -2.05. The fraction of sp³-hybridized carbons (Fsp3) is 0.333. The minimum Gasteiger partial charge on any atom is -0.207 e. The lowest BCUT2D eigenvalue weighted by Crippen LogP contribution is -1.88. The Morgan fingerprint density at radius 2 is 1.40 bits per heavy atom. The second-order valence-electron chi connectivity index (χ2n) is 5.17. The van der Waals surface area contributed by atoms with Crippen molar-refractivity contribution in [3.8, 4) is 11.1 Å². The molecule has 0 aliphatic rings. The van der Waals surface area contributed by atoms with Gasteiger partial charge in [-0.05, 0) is 41.7 Å². The Labute approximate surface area is 119 Å². The summed E-state index contributed by atoms with van der Waals surface area (Å²) in [5, 5.41) is 0. The van der Waals surface area contributed by atoms with Crippen LogP contribution < -0.4 is 0 Å². The van der Waals surface area contributed by atoms with Crippen molar-refractivity contribution in [3.05, 3.63) is 59.7 Å². The SMILES string of the molecule is CCCCCCc1ccc(-c2cc(F)cc(F)c2)cc1. The first-order valence-corrected chi connectivity index (χ1v) is 7.24. The van der Waals surface area contributed by atoms with Crippen LogP contribution in [-0.2, 0) is 6.42 Å². The van der Waals surface area contributed by atoms with Crippen LogP contribution in [0.3, 0.4) is 0 Å². The van der Waals surface area contributed by atoms with E-state index in [-0.39, 0.29) is 0 Å². The number of aryl methyl sites for hydroxylation is 1. The second kappa shape index (κ2) is 7.18. The molecule has 0 heterocycles. The third-order valence-electron chi connectivity index (χ3n) is 3.47. The molecule has 0 saturated heterocycles. The van der Waals surface area contributed by atoms with E-state index in [1.807, 2.05) is 24.3 Å². The molecule has 0 aliphatic carbocycles. The Balaban J connectivity index is 2.04. The molecular formula is C18H20F2. The molecule has 2 aromatic carbocycles. The molecule has 0 spiro atoms. The zero-order valence-corrected chi connectivity index (χ0v) is 11.8. The molecule has 0 bridgehead atoms. The van der Waals surface area contributed by atoms with Crippen LogP contribution in [0.2, 0.25) is 0 Å². The normalized spacial score (nSPS) is 10.8. The summed E-state index contributed by atoms with van der Waals surface area (Å²) in [7, 11) is 0. The molecule has 0 aliphatic heterocycles. The summed E-state index contributed by atoms with van der Waals surface area (Å²) in [6.07, 6.45) is 6.04. The molecule has 106 valence electrons. The third kappa shape index (κ3) is 4.16. The van der Waals surface area contributed by atoms with E-state index in [9.17, 15) is 8.78 Å². The number of hydrogen-bond acceptors (Lipinski definition) is 0. The number of benzene rings is 2. The fourth-order valence-electron chi connectivity index (χ4n) is 2.34. The highest BCUT2D eigenvalue weighted by atomic mass is 19.1. The van der Waals surface area contributed by atoms with Crippen LogP contribution >= 0.6 is 0 Å². The van der Waals surface area contributed by atoms with Gasteiger partial charge >= 0.3 is 0 Å². The van der Waals surface area contributed by atoms with Crippen LogP contribution in [0, 0.1) is 11.6 Å². The van der Waals surface area contributed by atoms with Crippen molar-refractivity contribution >= 4 is 0 Å². The highest BCUT2D eigenvalue weighted by Gasteiger charge is 2.03. The fourth-order valence-corrected chi connectivity index (χ4v) is 2.34. The van der Waals surface area contributed by atoms with E-state index in [1.54, 1.807) is 0 Å². The minimum atomic E-state index is -0.538. The maximum absolute atomic E-state index is 13.2. The smallest absolute Gasteiger partial charge is 0.126 e. The predicted molar refractivity (Wildman–Crippen MR) is 79.6 cm³/mol. The van der Waals surface area contributed by atoms with E-state index in [1.165, 1.54) is 43.4 Å². The Morgan fingerprint density at radius 1 is 0.750 bits per heavy atom. The molecule has 0 radical (unpaired) electrons. The van der Waals surface area contributed by atoms with E-state index in [0.29, 0.717) is 5.56 Å². The summed E-state index contributed by atoms with van der Waals surface area (Å²) < 4.78 is 26.4. The van der Waals surface area contributed by atoms with E-state index in [4.69, 9.17) is 0 Å². The largest absolute Gasteiger partial charge is 0.207 e. The maximum atomic E-state index is 13.2. The lowest BCUT2D eigenvalue weighted by atomic mass is 10.0. The van der Waals surface area contributed by atoms with Gasteiger partial charge in [0.05, 0.1) is 0 Å². The summed E-state index contributed by atoms with van der Waals surface area (Å²) in [4.78, 5) is 0. The van der Waals surface area contributed by atoms with Crippen LogP contribution in [0.25, 0.3) is 11.1 Å². The summed E-state index contributed by atoms with van der Waals surface area (Å²) >= 11 is 0. The zero-order valence-electron chi connectivity index (χ0n) is 11.8. The summed E-state index contributed by atoms with van der Waals surface area (Å²) in [6.45, 7) is 2.20. The molecule has 0 nitrogen and oxygen atoms in total. The molecule has 2 rings (SSSR count). The van der Waals surface area contributed by atoms with Gasteiger partial charge in [0, 0.05) is 6.07 Å². The van der Waals surface area contributed by atoms with Crippen LogP contribution in [0.4, 0.5) is 8.78 Å². The predicted octanol–water partition coefficient (Wildman–Crippen LogP) is 5.75. The minimum absolute atomic E-state index is 0.538. The first-order valence-electron chi connectivity index (χ1n) is 7.24. The van der Waals surface area contributed by atoms with Gasteiger partial charge in [-0.15, -0.1) is 0 Å². The Bertz CT molecular complexity index is 524. The third-order valence-corrected chi connectivity index (χ3v) is 3.47. The van der Waals surface area contributed by atoms with E-state index < -0.39 is 11.6 Å². The maximum Gasteiger partial charge on any atom is 0.126 e. The highest BCUT2D eigenvalue weighted by molar-refractivity contribution is 5.63. The summed E-state index contributed by atoms with van der Waals surface area (Å²) in [5.41, 5.74) is 2.71. The van der Waals surface area contributed by atoms with Crippen molar-refractivity contribution in [1.82, 2.24) is 0 Å². The molecule has 0 fully saturated rings.